The van der Waals surface area contributed by atoms with Gasteiger partial charge in [0.15, 0.2) is 0 Å². The summed E-state index contributed by atoms with van der Waals surface area (Å²) in [5.41, 5.74) is 5.87. The fourth-order valence-corrected chi connectivity index (χ4v) is 2.51. The number of carbonyl (C=O) groups excluding carboxylic acids is 1. The van der Waals surface area contributed by atoms with Crippen LogP contribution in [-0.2, 0) is 0 Å². The summed E-state index contributed by atoms with van der Waals surface area (Å²) in [6.45, 7) is 2.36. The summed E-state index contributed by atoms with van der Waals surface area (Å²) in [5, 5.41) is 0.993. The van der Waals surface area contributed by atoms with Gasteiger partial charge in [-0.2, -0.15) is 0 Å². The second-order valence-corrected chi connectivity index (χ2v) is 5.39. The van der Waals surface area contributed by atoms with Crippen molar-refractivity contribution >= 4 is 46.4 Å². The molecule has 1 aromatic carbocycles. The van der Waals surface area contributed by atoms with Crippen LogP contribution in [0.4, 0.5) is 5.69 Å². The average molecular weight is 361 g/mol. The molecule has 0 aliphatic heterocycles. The summed E-state index contributed by atoms with van der Waals surface area (Å²) < 4.78 is 5.21. The second kappa shape index (κ2) is 7.54. The Hall–Kier alpha value is -1.69. The average Bonchev–Trinajstić information content (AvgIpc) is 2.47. The monoisotopic (exact) mass is 359 g/mol. The molecule has 1 aromatic heterocycles. The zero-order chi connectivity index (χ0) is 16.1. The van der Waals surface area contributed by atoms with Gasteiger partial charge in [0, 0.05) is 17.3 Å². The van der Waals surface area contributed by atoms with Crippen LogP contribution < -0.4 is 15.6 Å². The molecule has 0 saturated carbocycles. The van der Waals surface area contributed by atoms with Crippen molar-refractivity contribution in [3.8, 4) is 5.88 Å². The third-order valence-electron chi connectivity index (χ3n) is 2.60. The van der Waals surface area contributed by atoms with Gasteiger partial charge < -0.3 is 4.74 Å². The van der Waals surface area contributed by atoms with Crippen molar-refractivity contribution in [3.63, 3.8) is 0 Å². The summed E-state index contributed by atoms with van der Waals surface area (Å²) in [5.74, 6) is 0.0634. The van der Waals surface area contributed by atoms with Gasteiger partial charge >= 0.3 is 0 Å². The van der Waals surface area contributed by atoms with Crippen LogP contribution in [0.25, 0.3) is 0 Å². The van der Waals surface area contributed by atoms with Crippen LogP contribution in [-0.4, -0.2) is 17.5 Å². The van der Waals surface area contributed by atoms with Gasteiger partial charge in [0.05, 0.1) is 27.9 Å². The maximum atomic E-state index is 12.0. The Labute approximate surface area is 142 Å². The number of benzene rings is 1. The molecule has 0 spiro atoms. The van der Waals surface area contributed by atoms with Crippen LogP contribution >= 0.6 is 34.8 Å². The van der Waals surface area contributed by atoms with E-state index in [1.165, 1.54) is 18.3 Å². The maximum Gasteiger partial charge on any atom is 0.271 e. The van der Waals surface area contributed by atoms with Gasteiger partial charge in [-0.05, 0) is 25.1 Å². The van der Waals surface area contributed by atoms with Gasteiger partial charge in [0.2, 0.25) is 5.88 Å². The molecule has 0 bridgehead atoms. The summed E-state index contributed by atoms with van der Waals surface area (Å²) in [6.07, 6.45) is 1.41. The lowest BCUT2D eigenvalue weighted by Gasteiger charge is -2.12. The number of ether oxygens (including phenoxy) is 1. The van der Waals surface area contributed by atoms with Gasteiger partial charge in [0.25, 0.3) is 5.91 Å². The smallest absolute Gasteiger partial charge is 0.271 e. The van der Waals surface area contributed by atoms with Gasteiger partial charge in [0.1, 0.15) is 0 Å². The first kappa shape index (κ1) is 16.7. The predicted molar refractivity (Wildman–Crippen MR) is 88.0 cm³/mol. The largest absolute Gasteiger partial charge is 0.478 e. The summed E-state index contributed by atoms with van der Waals surface area (Å²) in [4.78, 5) is 16.0. The van der Waals surface area contributed by atoms with Gasteiger partial charge in [-0.1, -0.05) is 34.8 Å². The van der Waals surface area contributed by atoms with E-state index in [1.54, 1.807) is 12.1 Å². The molecule has 0 atom stereocenters. The van der Waals surface area contributed by atoms with E-state index in [0.717, 1.165) is 0 Å². The molecule has 2 aromatic rings. The molecule has 0 aliphatic carbocycles. The molecule has 116 valence electrons. The van der Waals surface area contributed by atoms with Gasteiger partial charge in [-0.15, -0.1) is 0 Å². The minimum Gasteiger partial charge on any atom is -0.478 e. The van der Waals surface area contributed by atoms with E-state index in [1.807, 2.05) is 6.92 Å². The summed E-state index contributed by atoms with van der Waals surface area (Å²) in [7, 11) is 0. The van der Waals surface area contributed by atoms with Crippen LogP contribution in [0.1, 0.15) is 17.3 Å². The van der Waals surface area contributed by atoms with E-state index in [0.29, 0.717) is 38.8 Å². The van der Waals surface area contributed by atoms with Crippen LogP contribution in [0, 0.1) is 0 Å². The first-order chi connectivity index (χ1) is 10.5. The SMILES string of the molecule is CCOc1ccc(C(=O)NNc2c(Cl)cc(Cl)cc2Cl)cn1. The number of amides is 1. The quantitative estimate of drug-likeness (QED) is 0.785. The van der Waals surface area contributed by atoms with Crippen LogP contribution in [0.2, 0.25) is 15.1 Å². The third kappa shape index (κ3) is 4.16. The number of nitrogens with one attached hydrogen (secondary N) is 2. The first-order valence-electron chi connectivity index (χ1n) is 6.31. The van der Waals surface area contributed by atoms with Crippen molar-refractivity contribution in [2.24, 2.45) is 0 Å². The van der Waals surface area contributed by atoms with Crippen molar-refractivity contribution in [1.82, 2.24) is 10.4 Å². The topological polar surface area (TPSA) is 63.2 Å². The minimum atomic E-state index is -0.391. The zero-order valence-electron chi connectivity index (χ0n) is 11.5. The van der Waals surface area contributed by atoms with Crippen molar-refractivity contribution in [3.05, 3.63) is 51.1 Å². The highest BCUT2D eigenvalue weighted by Gasteiger charge is 2.10. The van der Waals surface area contributed by atoms with E-state index in [-0.39, 0.29) is 0 Å². The standard InChI is InChI=1S/C14H12Cl3N3O2/c1-2-22-12-4-3-8(7-18-12)14(21)20-19-13-10(16)5-9(15)6-11(13)17/h3-7,19H,2H2,1H3,(H,20,21). The summed E-state index contributed by atoms with van der Waals surface area (Å²) in [6, 6.07) is 6.24. The van der Waals surface area contributed by atoms with Gasteiger partial charge in [-0.3, -0.25) is 15.6 Å². The molecule has 0 unspecified atom stereocenters. The molecular formula is C14H12Cl3N3O2. The maximum absolute atomic E-state index is 12.0. The van der Waals surface area contributed by atoms with Crippen molar-refractivity contribution in [1.29, 1.82) is 0 Å². The number of pyridine rings is 1. The summed E-state index contributed by atoms with van der Waals surface area (Å²) >= 11 is 17.8. The lowest BCUT2D eigenvalue weighted by atomic mass is 10.3. The number of anilines is 1. The number of halogens is 3. The number of carbonyl (C=O) groups is 1. The Balaban J connectivity index is 2.04. The van der Waals surface area contributed by atoms with E-state index in [2.05, 4.69) is 15.8 Å². The number of hydrogen-bond donors (Lipinski definition) is 2. The van der Waals surface area contributed by atoms with Gasteiger partial charge in [-0.25, -0.2) is 4.98 Å². The molecule has 8 heteroatoms. The van der Waals surface area contributed by atoms with E-state index in [9.17, 15) is 4.79 Å². The number of nitrogens with zero attached hydrogens (tertiary/aromatic N) is 1. The van der Waals surface area contributed by atoms with Crippen LogP contribution in [0.15, 0.2) is 30.5 Å². The molecule has 2 rings (SSSR count). The predicted octanol–water partition coefficient (Wildman–Crippen LogP) is 4.20. The highest BCUT2D eigenvalue weighted by atomic mass is 35.5. The molecule has 5 nitrogen and oxygen atoms in total. The van der Waals surface area contributed by atoms with Crippen LogP contribution in [0.3, 0.4) is 0 Å². The van der Waals surface area contributed by atoms with E-state index >= 15 is 0 Å². The number of rotatable bonds is 5. The normalized spacial score (nSPS) is 10.2. The molecule has 1 heterocycles. The molecule has 0 radical (unpaired) electrons. The molecular weight excluding hydrogens is 349 g/mol. The molecule has 0 aliphatic rings. The molecule has 22 heavy (non-hydrogen) atoms. The van der Waals surface area contributed by atoms with E-state index in [4.69, 9.17) is 39.5 Å². The van der Waals surface area contributed by atoms with E-state index < -0.39 is 5.91 Å². The zero-order valence-corrected chi connectivity index (χ0v) is 13.8. The molecule has 2 N–H and O–H groups in total. The lowest BCUT2D eigenvalue weighted by molar-refractivity contribution is 0.0962. The Morgan fingerprint density at radius 3 is 2.45 bits per heavy atom. The Morgan fingerprint density at radius 2 is 1.91 bits per heavy atom. The van der Waals surface area contributed by atoms with Crippen LogP contribution in [0.5, 0.6) is 5.88 Å². The highest BCUT2D eigenvalue weighted by Crippen LogP contribution is 2.33. The van der Waals surface area contributed by atoms with Crippen molar-refractivity contribution < 1.29 is 9.53 Å². The highest BCUT2D eigenvalue weighted by molar-refractivity contribution is 6.41. The second-order valence-electron chi connectivity index (χ2n) is 4.14. The number of hydrogen-bond acceptors (Lipinski definition) is 4. The molecule has 0 fully saturated rings. The fourth-order valence-electron chi connectivity index (χ4n) is 1.60. The third-order valence-corrected chi connectivity index (χ3v) is 3.41. The molecule has 1 amide bonds. The number of hydrazine groups is 1. The Kier molecular flexibility index (Phi) is 5.71. The van der Waals surface area contributed by atoms with Crippen molar-refractivity contribution in [2.75, 3.05) is 12.0 Å². The lowest BCUT2D eigenvalue weighted by Crippen LogP contribution is -2.29. The fraction of sp³-hybridized carbons (Fsp3) is 0.143. The van der Waals surface area contributed by atoms with Crippen molar-refractivity contribution in [2.45, 2.75) is 6.92 Å². The first-order valence-corrected chi connectivity index (χ1v) is 7.44. The minimum absolute atomic E-state index is 0.294. The Bertz CT molecular complexity index is 655. The number of aromatic nitrogens is 1. The Morgan fingerprint density at radius 1 is 1.23 bits per heavy atom. The molecule has 0 saturated heterocycles.